The van der Waals surface area contributed by atoms with Crippen molar-refractivity contribution in [2.75, 3.05) is 5.43 Å². The van der Waals surface area contributed by atoms with Crippen molar-refractivity contribution in [1.82, 2.24) is 10.1 Å². The maximum Gasteiger partial charge on any atom is 0.258 e. The number of aromatic nitrogens is 2. The normalized spacial score (nSPS) is 10.9. The van der Waals surface area contributed by atoms with Crippen LogP contribution in [0.15, 0.2) is 64.2 Å². The highest BCUT2D eigenvalue weighted by molar-refractivity contribution is 5.88. The van der Waals surface area contributed by atoms with Crippen molar-refractivity contribution < 1.29 is 4.52 Å². The molecule has 1 heterocycles. The predicted octanol–water partition coefficient (Wildman–Crippen LogP) is 3.49. The molecule has 104 valence electrons. The van der Waals surface area contributed by atoms with Crippen molar-refractivity contribution in [3.05, 3.63) is 66.0 Å². The molecule has 0 amide bonds. The van der Waals surface area contributed by atoms with Crippen LogP contribution in [-0.2, 0) is 0 Å². The summed E-state index contributed by atoms with van der Waals surface area (Å²) in [6.45, 7) is 1.79. The molecule has 3 aromatic rings. The second kappa shape index (κ2) is 6.00. The van der Waals surface area contributed by atoms with Gasteiger partial charge in [0.05, 0.1) is 11.9 Å². The van der Waals surface area contributed by atoms with E-state index in [4.69, 9.17) is 4.52 Å². The fourth-order valence-electron chi connectivity index (χ4n) is 1.90. The smallest absolute Gasteiger partial charge is 0.258 e. The molecule has 0 saturated carbocycles. The standard InChI is InChI=1S/C16H14N4O/c1-12-18-16(21-20-12)15-10-6-5-7-13(15)11-17-19-14-8-3-2-4-9-14/h2-11,19H,1H3. The number of nitrogens with one attached hydrogen (secondary N) is 1. The number of aryl methyl sites for hydroxylation is 1. The molecule has 0 saturated heterocycles. The summed E-state index contributed by atoms with van der Waals surface area (Å²) >= 11 is 0. The Morgan fingerprint density at radius 1 is 1.05 bits per heavy atom. The van der Waals surface area contributed by atoms with E-state index in [0.29, 0.717) is 11.7 Å². The zero-order valence-corrected chi connectivity index (χ0v) is 11.5. The summed E-state index contributed by atoms with van der Waals surface area (Å²) in [5.41, 5.74) is 5.68. The van der Waals surface area contributed by atoms with E-state index in [1.54, 1.807) is 13.1 Å². The first kappa shape index (κ1) is 13.1. The minimum absolute atomic E-state index is 0.495. The minimum Gasteiger partial charge on any atom is -0.334 e. The molecular formula is C16H14N4O. The van der Waals surface area contributed by atoms with Crippen LogP contribution in [0.3, 0.4) is 0 Å². The van der Waals surface area contributed by atoms with E-state index in [2.05, 4.69) is 20.7 Å². The summed E-state index contributed by atoms with van der Waals surface area (Å²) in [6.07, 6.45) is 1.74. The van der Waals surface area contributed by atoms with Crippen molar-refractivity contribution in [2.45, 2.75) is 6.92 Å². The first-order chi connectivity index (χ1) is 10.3. The monoisotopic (exact) mass is 278 g/mol. The van der Waals surface area contributed by atoms with Crippen LogP contribution in [0.1, 0.15) is 11.4 Å². The SMILES string of the molecule is Cc1noc(-c2ccccc2C=NNc2ccccc2)n1. The molecule has 5 nitrogen and oxygen atoms in total. The third-order valence-electron chi connectivity index (χ3n) is 2.89. The molecule has 0 radical (unpaired) electrons. The zero-order valence-electron chi connectivity index (χ0n) is 11.5. The highest BCUT2D eigenvalue weighted by Gasteiger charge is 2.09. The number of para-hydroxylation sites is 1. The molecule has 1 N–H and O–H groups in total. The Hall–Kier alpha value is -2.95. The van der Waals surface area contributed by atoms with Crippen LogP contribution in [0.2, 0.25) is 0 Å². The van der Waals surface area contributed by atoms with Crippen molar-refractivity contribution in [1.29, 1.82) is 0 Å². The minimum atomic E-state index is 0.495. The molecule has 0 bridgehead atoms. The van der Waals surface area contributed by atoms with E-state index in [0.717, 1.165) is 16.8 Å². The van der Waals surface area contributed by atoms with E-state index in [-0.39, 0.29) is 0 Å². The van der Waals surface area contributed by atoms with Gasteiger partial charge in [-0.3, -0.25) is 5.43 Å². The molecular weight excluding hydrogens is 264 g/mol. The molecule has 0 aliphatic rings. The van der Waals surface area contributed by atoms with Gasteiger partial charge in [-0.1, -0.05) is 41.6 Å². The van der Waals surface area contributed by atoms with Gasteiger partial charge in [-0.2, -0.15) is 10.1 Å². The van der Waals surface area contributed by atoms with Gasteiger partial charge in [-0.25, -0.2) is 0 Å². The van der Waals surface area contributed by atoms with Crippen LogP contribution >= 0.6 is 0 Å². The number of anilines is 1. The predicted molar refractivity (Wildman–Crippen MR) is 82.1 cm³/mol. The Balaban J connectivity index is 1.83. The summed E-state index contributed by atoms with van der Waals surface area (Å²) in [5.74, 6) is 1.11. The van der Waals surface area contributed by atoms with Gasteiger partial charge < -0.3 is 4.52 Å². The lowest BCUT2D eigenvalue weighted by atomic mass is 10.1. The Labute approximate surface area is 122 Å². The Morgan fingerprint density at radius 3 is 2.57 bits per heavy atom. The van der Waals surface area contributed by atoms with Gasteiger partial charge in [0, 0.05) is 11.1 Å². The number of benzene rings is 2. The van der Waals surface area contributed by atoms with Gasteiger partial charge in [-0.05, 0) is 25.1 Å². The number of rotatable bonds is 4. The van der Waals surface area contributed by atoms with Gasteiger partial charge in [0.2, 0.25) is 0 Å². The number of nitrogens with zero attached hydrogens (tertiary/aromatic N) is 3. The van der Waals surface area contributed by atoms with Gasteiger partial charge in [0.1, 0.15) is 0 Å². The number of hydrogen-bond donors (Lipinski definition) is 1. The second-order valence-electron chi connectivity index (χ2n) is 4.47. The second-order valence-corrected chi connectivity index (χ2v) is 4.47. The molecule has 0 aliphatic heterocycles. The summed E-state index contributed by atoms with van der Waals surface area (Å²) < 4.78 is 5.21. The van der Waals surface area contributed by atoms with Crippen LogP contribution in [0.25, 0.3) is 11.5 Å². The average molecular weight is 278 g/mol. The summed E-state index contributed by atoms with van der Waals surface area (Å²) in [6, 6.07) is 17.5. The summed E-state index contributed by atoms with van der Waals surface area (Å²) in [7, 11) is 0. The Morgan fingerprint density at radius 2 is 1.81 bits per heavy atom. The van der Waals surface area contributed by atoms with Gasteiger partial charge in [0.25, 0.3) is 5.89 Å². The maximum absolute atomic E-state index is 5.21. The molecule has 0 atom stereocenters. The van der Waals surface area contributed by atoms with Crippen LogP contribution in [0.4, 0.5) is 5.69 Å². The van der Waals surface area contributed by atoms with E-state index in [1.807, 2.05) is 54.6 Å². The Bertz CT molecular complexity index is 750. The van der Waals surface area contributed by atoms with Crippen LogP contribution < -0.4 is 5.43 Å². The Kier molecular flexibility index (Phi) is 3.73. The third-order valence-corrected chi connectivity index (χ3v) is 2.89. The van der Waals surface area contributed by atoms with Gasteiger partial charge in [-0.15, -0.1) is 0 Å². The molecule has 2 aromatic carbocycles. The highest BCUT2D eigenvalue weighted by atomic mass is 16.5. The average Bonchev–Trinajstić information content (AvgIpc) is 2.95. The van der Waals surface area contributed by atoms with Crippen molar-refractivity contribution in [3.8, 4) is 11.5 Å². The first-order valence-electron chi connectivity index (χ1n) is 6.57. The van der Waals surface area contributed by atoms with Crippen molar-refractivity contribution >= 4 is 11.9 Å². The summed E-state index contributed by atoms with van der Waals surface area (Å²) in [4.78, 5) is 4.25. The number of hydrogen-bond acceptors (Lipinski definition) is 5. The third kappa shape index (κ3) is 3.14. The molecule has 0 fully saturated rings. The first-order valence-corrected chi connectivity index (χ1v) is 6.57. The van der Waals surface area contributed by atoms with Crippen LogP contribution in [0.5, 0.6) is 0 Å². The van der Waals surface area contributed by atoms with E-state index < -0.39 is 0 Å². The maximum atomic E-state index is 5.21. The lowest BCUT2D eigenvalue weighted by Crippen LogP contribution is -1.92. The van der Waals surface area contributed by atoms with E-state index >= 15 is 0 Å². The van der Waals surface area contributed by atoms with Crippen LogP contribution in [-0.4, -0.2) is 16.4 Å². The molecule has 0 aliphatic carbocycles. The van der Waals surface area contributed by atoms with E-state index in [9.17, 15) is 0 Å². The van der Waals surface area contributed by atoms with Crippen LogP contribution in [0, 0.1) is 6.92 Å². The molecule has 21 heavy (non-hydrogen) atoms. The summed E-state index contributed by atoms with van der Waals surface area (Å²) in [5, 5.41) is 8.06. The van der Waals surface area contributed by atoms with Gasteiger partial charge >= 0.3 is 0 Å². The zero-order chi connectivity index (χ0) is 14.5. The fraction of sp³-hybridized carbons (Fsp3) is 0.0625. The lowest BCUT2D eigenvalue weighted by Gasteiger charge is -2.01. The highest BCUT2D eigenvalue weighted by Crippen LogP contribution is 2.20. The fourth-order valence-corrected chi connectivity index (χ4v) is 1.90. The van der Waals surface area contributed by atoms with Crippen molar-refractivity contribution in [3.63, 3.8) is 0 Å². The van der Waals surface area contributed by atoms with E-state index in [1.165, 1.54) is 0 Å². The topological polar surface area (TPSA) is 63.3 Å². The van der Waals surface area contributed by atoms with Crippen molar-refractivity contribution in [2.24, 2.45) is 5.10 Å². The lowest BCUT2D eigenvalue weighted by molar-refractivity contribution is 0.425. The largest absolute Gasteiger partial charge is 0.334 e. The molecule has 3 rings (SSSR count). The molecule has 5 heteroatoms. The molecule has 0 spiro atoms. The molecule has 0 unspecified atom stereocenters. The van der Waals surface area contributed by atoms with Gasteiger partial charge in [0.15, 0.2) is 5.82 Å². The number of hydrazone groups is 1. The molecule has 1 aromatic heterocycles. The quantitative estimate of drug-likeness (QED) is 0.586.